The number of benzene rings is 1. The van der Waals surface area contributed by atoms with Crippen LogP contribution in [0.15, 0.2) is 24.3 Å². The topological polar surface area (TPSA) is 76.4 Å². The summed E-state index contributed by atoms with van der Waals surface area (Å²) in [5, 5.41) is 5.34. The van der Waals surface area contributed by atoms with Gasteiger partial charge in [0, 0.05) is 18.8 Å². The van der Waals surface area contributed by atoms with Gasteiger partial charge >= 0.3 is 6.03 Å². The minimum absolute atomic E-state index is 0.210. The number of nitrogens with one attached hydrogen (secondary N) is 2. The third kappa shape index (κ3) is 4.18. The van der Waals surface area contributed by atoms with E-state index < -0.39 is 0 Å². The van der Waals surface area contributed by atoms with Gasteiger partial charge in [0.05, 0.1) is 0 Å². The number of hydrogen-bond donors (Lipinski definition) is 3. The van der Waals surface area contributed by atoms with Gasteiger partial charge in [0.15, 0.2) is 0 Å². The SMILES string of the molecule is CCNC(=O)Nc1ccc(OCCN)cc1. The summed E-state index contributed by atoms with van der Waals surface area (Å²) in [5.41, 5.74) is 6.04. The quantitative estimate of drug-likeness (QED) is 0.701. The predicted octanol–water partition coefficient (Wildman–Crippen LogP) is 1.17. The van der Waals surface area contributed by atoms with Crippen LogP contribution in [0.2, 0.25) is 0 Å². The minimum atomic E-state index is -0.210. The van der Waals surface area contributed by atoms with Crippen molar-refractivity contribution in [3.8, 4) is 5.75 Å². The maximum atomic E-state index is 11.2. The lowest BCUT2D eigenvalue weighted by Crippen LogP contribution is -2.28. The molecule has 5 heteroatoms. The Balaban J connectivity index is 2.47. The number of rotatable bonds is 5. The summed E-state index contributed by atoms with van der Waals surface area (Å²) in [4.78, 5) is 11.2. The molecule has 4 N–H and O–H groups in total. The highest BCUT2D eigenvalue weighted by Crippen LogP contribution is 2.15. The summed E-state index contributed by atoms with van der Waals surface area (Å²) < 4.78 is 5.31. The molecule has 1 aromatic rings. The third-order valence-electron chi connectivity index (χ3n) is 1.84. The Labute approximate surface area is 95.0 Å². The Morgan fingerprint density at radius 2 is 2.06 bits per heavy atom. The summed E-state index contributed by atoms with van der Waals surface area (Å²) in [6.45, 7) is 3.44. The van der Waals surface area contributed by atoms with Gasteiger partial charge in [-0.05, 0) is 31.2 Å². The van der Waals surface area contributed by atoms with Crippen molar-refractivity contribution < 1.29 is 9.53 Å². The Morgan fingerprint density at radius 1 is 1.38 bits per heavy atom. The van der Waals surface area contributed by atoms with Crippen molar-refractivity contribution >= 4 is 11.7 Å². The van der Waals surface area contributed by atoms with E-state index in [0.717, 1.165) is 11.4 Å². The number of carbonyl (C=O) groups is 1. The van der Waals surface area contributed by atoms with Gasteiger partial charge in [-0.3, -0.25) is 0 Å². The number of urea groups is 1. The first-order chi connectivity index (χ1) is 7.76. The fourth-order valence-electron chi connectivity index (χ4n) is 1.15. The molecular formula is C11H17N3O2. The Bertz CT molecular complexity index is 325. The van der Waals surface area contributed by atoms with Crippen LogP contribution in [-0.2, 0) is 0 Å². The largest absolute Gasteiger partial charge is 0.492 e. The van der Waals surface area contributed by atoms with E-state index in [1.54, 1.807) is 24.3 Å². The van der Waals surface area contributed by atoms with Gasteiger partial charge < -0.3 is 21.1 Å². The van der Waals surface area contributed by atoms with Gasteiger partial charge in [-0.1, -0.05) is 0 Å². The maximum Gasteiger partial charge on any atom is 0.319 e. The van der Waals surface area contributed by atoms with Gasteiger partial charge in [0.1, 0.15) is 12.4 Å². The average Bonchev–Trinajstić information content (AvgIpc) is 2.28. The van der Waals surface area contributed by atoms with Gasteiger partial charge in [0.25, 0.3) is 0 Å². The lowest BCUT2D eigenvalue weighted by Gasteiger charge is -2.07. The molecule has 0 aliphatic rings. The van der Waals surface area contributed by atoms with E-state index in [1.807, 2.05) is 6.92 Å². The second-order valence-electron chi connectivity index (χ2n) is 3.15. The highest BCUT2D eigenvalue weighted by Gasteiger charge is 1.99. The smallest absolute Gasteiger partial charge is 0.319 e. The van der Waals surface area contributed by atoms with Crippen LogP contribution < -0.4 is 21.1 Å². The van der Waals surface area contributed by atoms with Crippen molar-refractivity contribution in [3.63, 3.8) is 0 Å². The highest BCUT2D eigenvalue weighted by molar-refractivity contribution is 5.89. The van der Waals surface area contributed by atoms with E-state index >= 15 is 0 Å². The van der Waals surface area contributed by atoms with Crippen molar-refractivity contribution in [3.05, 3.63) is 24.3 Å². The molecule has 0 fully saturated rings. The second kappa shape index (κ2) is 6.68. The lowest BCUT2D eigenvalue weighted by atomic mass is 10.3. The van der Waals surface area contributed by atoms with Gasteiger partial charge in [-0.25, -0.2) is 4.79 Å². The average molecular weight is 223 g/mol. The van der Waals surface area contributed by atoms with Gasteiger partial charge in [0.2, 0.25) is 0 Å². The third-order valence-corrected chi connectivity index (χ3v) is 1.84. The van der Waals surface area contributed by atoms with E-state index in [2.05, 4.69) is 10.6 Å². The van der Waals surface area contributed by atoms with Crippen LogP contribution in [0.4, 0.5) is 10.5 Å². The van der Waals surface area contributed by atoms with E-state index in [1.165, 1.54) is 0 Å². The second-order valence-corrected chi connectivity index (χ2v) is 3.15. The number of hydrogen-bond acceptors (Lipinski definition) is 3. The summed E-state index contributed by atoms with van der Waals surface area (Å²) in [6.07, 6.45) is 0. The van der Waals surface area contributed by atoms with Crippen LogP contribution in [0.3, 0.4) is 0 Å². The van der Waals surface area contributed by atoms with E-state index in [0.29, 0.717) is 19.7 Å². The normalized spacial score (nSPS) is 9.62. The van der Waals surface area contributed by atoms with Crippen molar-refractivity contribution in [2.24, 2.45) is 5.73 Å². The molecule has 88 valence electrons. The number of anilines is 1. The van der Waals surface area contributed by atoms with E-state index in [4.69, 9.17) is 10.5 Å². The summed E-state index contributed by atoms with van der Waals surface area (Å²) >= 11 is 0. The molecule has 0 aromatic heterocycles. The zero-order valence-electron chi connectivity index (χ0n) is 9.32. The minimum Gasteiger partial charge on any atom is -0.492 e. The molecule has 1 aromatic carbocycles. The molecular weight excluding hydrogens is 206 g/mol. The molecule has 16 heavy (non-hydrogen) atoms. The number of ether oxygens (including phenoxy) is 1. The molecule has 0 unspecified atom stereocenters. The molecule has 2 amide bonds. The number of amides is 2. The first-order valence-electron chi connectivity index (χ1n) is 5.24. The first-order valence-corrected chi connectivity index (χ1v) is 5.24. The summed E-state index contributed by atoms with van der Waals surface area (Å²) in [5.74, 6) is 0.742. The molecule has 0 heterocycles. The standard InChI is InChI=1S/C11H17N3O2/c1-2-13-11(15)14-9-3-5-10(6-4-9)16-8-7-12/h3-6H,2,7-8,12H2,1H3,(H2,13,14,15). The highest BCUT2D eigenvalue weighted by atomic mass is 16.5. The van der Waals surface area contributed by atoms with Gasteiger partial charge in [-0.2, -0.15) is 0 Å². The maximum absolute atomic E-state index is 11.2. The van der Waals surface area contributed by atoms with Crippen molar-refractivity contribution in [2.75, 3.05) is 25.0 Å². The zero-order valence-corrected chi connectivity index (χ0v) is 9.32. The first kappa shape index (κ1) is 12.3. The molecule has 0 aliphatic heterocycles. The molecule has 0 bridgehead atoms. The number of nitrogens with two attached hydrogens (primary N) is 1. The van der Waals surface area contributed by atoms with Crippen LogP contribution in [0, 0.1) is 0 Å². The van der Waals surface area contributed by atoms with Crippen molar-refractivity contribution in [1.29, 1.82) is 0 Å². The molecule has 0 atom stereocenters. The van der Waals surface area contributed by atoms with Crippen LogP contribution in [0.5, 0.6) is 5.75 Å². The molecule has 1 rings (SSSR count). The van der Waals surface area contributed by atoms with Crippen molar-refractivity contribution in [2.45, 2.75) is 6.92 Å². The summed E-state index contributed by atoms with van der Waals surface area (Å²) in [7, 11) is 0. The van der Waals surface area contributed by atoms with Gasteiger partial charge in [-0.15, -0.1) is 0 Å². The van der Waals surface area contributed by atoms with Crippen LogP contribution in [-0.4, -0.2) is 25.7 Å². The Kier molecular flexibility index (Phi) is 5.15. The van der Waals surface area contributed by atoms with Crippen molar-refractivity contribution in [1.82, 2.24) is 5.32 Å². The molecule has 0 spiro atoms. The predicted molar refractivity (Wildman–Crippen MR) is 63.7 cm³/mol. The molecule has 5 nitrogen and oxygen atoms in total. The summed E-state index contributed by atoms with van der Waals surface area (Å²) in [6, 6.07) is 6.93. The van der Waals surface area contributed by atoms with Crippen LogP contribution >= 0.6 is 0 Å². The number of carbonyl (C=O) groups excluding carboxylic acids is 1. The molecule has 0 aliphatic carbocycles. The zero-order chi connectivity index (χ0) is 11.8. The molecule has 0 saturated carbocycles. The van der Waals surface area contributed by atoms with E-state index in [9.17, 15) is 4.79 Å². The van der Waals surface area contributed by atoms with E-state index in [-0.39, 0.29) is 6.03 Å². The fraction of sp³-hybridized carbons (Fsp3) is 0.364. The molecule has 0 saturated heterocycles. The fourth-order valence-corrected chi connectivity index (χ4v) is 1.15. The monoisotopic (exact) mass is 223 g/mol. The Hall–Kier alpha value is -1.75. The Morgan fingerprint density at radius 3 is 2.62 bits per heavy atom. The van der Waals surface area contributed by atoms with Crippen LogP contribution in [0.1, 0.15) is 6.92 Å². The lowest BCUT2D eigenvalue weighted by molar-refractivity contribution is 0.252. The molecule has 0 radical (unpaired) electrons. The van der Waals surface area contributed by atoms with Crippen LogP contribution in [0.25, 0.3) is 0 Å².